The molecule has 0 bridgehead atoms. The summed E-state index contributed by atoms with van der Waals surface area (Å²) in [6, 6.07) is 37.6. The summed E-state index contributed by atoms with van der Waals surface area (Å²) in [6.45, 7) is 11.8. The first kappa shape index (κ1) is 37.2. The highest BCUT2D eigenvalue weighted by Gasteiger charge is 2.16. The van der Waals surface area contributed by atoms with Crippen LogP contribution < -0.4 is 16.6 Å². The van der Waals surface area contributed by atoms with E-state index in [2.05, 4.69) is 106 Å². The van der Waals surface area contributed by atoms with E-state index in [9.17, 15) is 9.59 Å². The second-order valence-corrected chi connectivity index (χ2v) is 12.7. The Bertz CT molecular complexity index is 1420. The highest BCUT2D eigenvalue weighted by molar-refractivity contribution is 9.08. The van der Waals surface area contributed by atoms with Crippen LogP contribution in [0.2, 0.25) is 0 Å². The van der Waals surface area contributed by atoms with Gasteiger partial charge in [0, 0.05) is 11.9 Å². The number of esters is 1. The van der Waals surface area contributed by atoms with Crippen molar-refractivity contribution < 1.29 is 19.1 Å². The number of nitrogens with one attached hydrogen (secondary N) is 2. The summed E-state index contributed by atoms with van der Waals surface area (Å²) in [5, 5.41) is 4.03. The van der Waals surface area contributed by atoms with E-state index in [1.165, 1.54) is 27.8 Å². The molecule has 0 aliphatic heterocycles. The Kier molecular flexibility index (Phi) is 15.5. The van der Waals surface area contributed by atoms with Crippen molar-refractivity contribution in [2.45, 2.75) is 64.6 Å². The lowest BCUT2D eigenvalue weighted by Crippen LogP contribution is -2.36. The molecule has 0 aromatic heterocycles. The Labute approximate surface area is 276 Å². The predicted molar refractivity (Wildman–Crippen MR) is 187 cm³/mol. The van der Waals surface area contributed by atoms with E-state index in [1.54, 1.807) is 20.8 Å². The molecule has 0 spiro atoms. The molecule has 0 heterocycles. The number of amides is 1. The molecule has 240 valence electrons. The van der Waals surface area contributed by atoms with Crippen molar-refractivity contribution in [2.24, 2.45) is 5.84 Å². The van der Waals surface area contributed by atoms with Gasteiger partial charge in [-0.2, -0.15) is 0 Å². The molecular formula is C37H46BrN3O4. The number of nitrogens with two attached hydrogens (primary N) is 1. The topological polar surface area (TPSA) is 103 Å². The number of ether oxygens (including phenoxy) is 2. The molecule has 4 N–H and O–H groups in total. The third kappa shape index (κ3) is 16.1. The van der Waals surface area contributed by atoms with E-state index in [4.69, 9.17) is 15.3 Å². The van der Waals surface area contributed by atoms with Gasteiger partial charge in [-0.25, -0.2) is 10.6 Å². The highest BCUT2D eigenvalue weighted by atomic mass is 79.9. The molecule has 0 saturated carbocycles. The van der Waals surface area contributed by atoms with Gasteiger partial charge < -0.3 is 14.8 Å². The smallest absolute Gasteiger partial charge is 0.421 e. The molecule has 45 heavy (non-hydrogen) atoms. The van der Waals surface area contributed by atoms with E-state index < -0.39 is 17.3 Å². The fraction of sp³-hybridized carbons (Fsp3) is 0.297. The zero-order valence-electron chi connectivity index (χ0n) is 27.1. The summed E-state index contributed by atoms with van der Waals surface area (Å²) in [5.41, 5.74) is 8.35. The van der Waals surface area contributed by atoms with Crippen molar-refractivity contribution >= 4 is 28.0 Å². The van der Waals surface area contributed by atoms with E-state index >= 15 is 0 Å². The minimum Gasteiger partial charge on any atom is -0.459 e. The zero-order valence-corrected chi connectivity index (χ0v) is 28.7. The molecule has 4 aromatic rings. The maximum Gasteiger partial charge on any atom is 0.421 e. The van der Waals surface area contributed by atoms with Crippen molar-refractivity contribution in [2.75, 3.05) is 6.54 Å². The van der Waals surface area contributed by atoms with Gasteiger partial charge in [0.15, 0.2) is 0 Å². The van der Waals surface area contributed by atoms with Gasteiger partial charge in [0.05, 0.1) is 6.54 Å². The second kappa shape index (κ2) is 18.7. The van der Waals surface area contributed by atoms with E-state index in [-0.39, 0.29) is 12.5 Å². The van der Waals surface area contributed by atoms with Crippen LogP contribution in [0.15, 0.2) is 109 Å². The zero-order chi connectivity index (χ0) is 33.3. The minimum absolute atomic E-state index is 0.220. The maximum atomic E-state index is 11.6. The Hall–Kier alpha value is -3.98. The van der Waals surface area contributed by atoms with Crippen molar-refractivity contribution in [3.63, 3.8) is 0 Å². The molecule has 7 nitrogen and oxygen atoms in total. The quantitative estimate of drug-likeness (QED) is 0.0597. The summed E-state index contributed by atoms with van der Waals surface area (Å²) in [5.74, 6) is 4.53. The van der Waals surface area contributed by atoms with Gasteiger partial charge in [-0.3, -0.25) is 10.2 Å². The van der Waals surface area contributed by atoms with Crippen LogP contribution in [0.25, 0.3) is 22.3 Å². The summed E-state index contributed by atoms with van der Waals surface area (Å²) in [7, 11) is 0. The largest absolute Gasteiger partial charge is 0.459 e. The Morgan fingerprint density at radius 2 is 1.02 bits per heavy atom. The third-order valence-electron chi connectivity index (χ3n) is 5.81. The van der Waals surface area contributed by atoms with Gasteiger partial charge in [-0.15, -0.1) is 0 Å². The van der Waals surface area contributed by atoms with Crippen LogP contribution in [-0.4, -0.2) is 29.8 Å². The lowest BCUT2D eigenvalue weighted by atomic mass is 10.0. The van der Waals surface area contributed by atoms with Crippen LogP contribution >= 0.6 is 15.9 Å². The lowest BCUT2D eigenvalue weighted by Gasteiger charge is -2.19. The van der Waals surface area contributed by atoms with Crippen molar-refractivity contribution in [3.8, 4) is 22.3 Å². The number of carbonyl (C=O) groups excluding carboxylic acids is 2. The van der Waals surface area contributed by atoms with E-state index in [1.807, 2.05) is 50.5 Å². The maximum absolute atomic E-state index is 11.6. The Morgan fingerprint density at radius 3 is 1.38 bits per heavy atom. The molecule has 0 atom stereocenters. The number of halogens is 1. The molecule has 0 aliphatic carbocycles. The molecule has 0 aliphatic rings. The number of benzene rings is 4. The SMILES string of the molecule is BrCc1ccc(-c2ccccc2)cc1.CC(C)(C)OC(=O)CNCc1ccc(-c2ccccc2)cc1.CC(C)(C)OC(=O)NN. The molecule has 1 amide bonds. The highest BCUT2D eigenvalue weighted by Crippen LogP contribution is 2.20. The second-order valence-electron chi connectivity index (χ2n) is 12.1. The lowest BCUT2D eigenvalue weighted by molar-refractivity contribution is -0.153. The average Bonchev–Trinajstić information content (AvgIpc) is 3.01. The van der Waals surface area contributed by atoms with E-state index in [0.29, 0.717) is 6.54 Å². The monoisotopic (exact) mass is 675 g/mol. The van der Waals surface area contributed by atoms with Gasteiger partial charge in [0.1, 0.15) is 11.2 Å². The number of hydrazine groups is 1. The van der Waals surface area contributed by atoms with Crippen molar-refractivity contribution in [3.05, 3.63) is 120 Å². The molecule has 0 radical (unpaired) electrons. The fourth-order valence-corrected chi connectivity index (χ4v) is 4.23. The van der Waals surface area contributed by atoms with Gasteiger partial charge in [0.2, 0.25) is 0 Å². The number of hydrogen-bond acceptors (Lipinski definition) is 6. The number of rotatable bonds is 7. The summed E-state index contributed by atoms with van der Waals surface area (Å²) in [6.07, 6.45) is -0.609. The Balaban J connectivity index is 0.000000262. The summed E-state index contributed by atoms with van der Waals surface area (Å²) >= 11 is 3.44. The summed E-state index contributed by atoms with van der Waals surface area (Å²) in [4.78, 5) is 22.0. The summed E-state index contributed by atoms with van der Waals surface area (Å²) < 4.78 is 9.96. The molecule has 0 fully saturated rings. The number of alkyl halides is 1. The fourth-order valence-electron chi connectivity index (χ4n) is 3.86. The standard InChI is InChI=1S/C19H23NO2.C13H11Br.C5H12N2O2/c1-19(2,3)22-18(21)14-20-13-15-9-11-17(12-10-15)16-7-5-4-6-8-16;14-10-11-6-8-13(9-7-11)12-4-2-1-3-5-12;1-5(2,3)9-4(8)7-6/h4-12,20H,13-14H2,1-3H3;1-9H,10H2;6H2,1-3H3,(H,7,8). The van der Waals surface area contributed by atoms with E-state index in [0.717, 1.165) is 10.9 Å². The van der Waals surface area contributed by atoms with Crippen LogP contribution in [0.4, 0.5) is 4.79 Å². The molecule has 0 unspecified atom stereocenters. The molecule has 4 rings (SSSR count). The van der Waals surface area contributed by atoms with Crippen molar-refractivity contribution in [1.29, 1.82) is 0 Å². The van der Waals surface area contributed by atoms with Crippen LogP contribution in [-0.2, 0) is 26.1 Å². The molecule has 8 heteroatoms. The third-order valence-corrected chi connectivity index (χ3v) is 6.46. The van der Waals surface area contributed by atoms with Crippen LogP contribution in [0.5, 0.6) is 0 Å². The van der Waals surface area contributed by atoms with Gasteiger partial charge in [-0.05, 0) is 74.9 Å². The number of carbonyl (C=O) groups is 2. The van der Waals surface area contributed by atoms with Crippen LogP contribution in [0, 0.1) is 0 Å². The minimum atomic E-state index is -0.609. The van der Waals surface area contributed by atoms with Gasteiger partial charge in [-0.1, -0.05) is 125 Å². The van der Waals surface area contributed by atoms with Crippen LogP contribution in [0.1, 0.15) is 52.7 Å². The van der Waals surface area contributed by atoms with Crippen molar-refractivity contribution in [1.82, 2.24) is 10.7 Å². The Morgan fingerprint density at radius 1 is 0.622 bits per heavy atom. The van der Waals surface area contributed by atoms with Gasteiger partial charge >= 0.3 is 12.1 Å². The first-order valence-electron chi connectivity index (χ1n) is 14.8. The molecule has 0 saturated heterocycles. The molecular weight excluding hydrogens is 630 g/mol. The first-order valence-corrected chi connectivity index (χ1v) is 15.9. The predicted octanol–water partition coefficient (Wildman–Crippen LogP) is 8.42. The van der Waals surface area contributed by atoms with Gasteiger partial charge in [0.25, 0.3) is 0 Å². The first-order chi connectivity index (χ1) is 21.3. The number of hydrogen-bond donors (Lipinski definition) is 3. The average molecular weight is 677 g/mol. The normalized spacial score (nSPS) is 10.8. The van der Waals surface area contributed by atoms with Crippen LogP contribution in [0.3, 0.4) is 0 Å². The molecule has 4 aromatic carbocycles.